The molecule has 0 spiro atoms. The van der Waals surface area contributed by atoms with E-state index in [-0.39, 0.29) is 5.91 Å². The molecule has 2 rings (SSSR count). The molecule has 0 aliphatic carbocycles. The molecule has 1 aromatic rings. The molecule has 0 saturated carbocycles. The smallest absolute Gasteiger partial charge is 0.221 e. The normalized spacial score (nSPS) is 21.0. The lowest BCUT2D eigenvalue weighted by Gasteiger charge is -2.14. The molecular formula is C12H20N4O. The van der Waals surface area contributed by atoms with Gasteiger partial charge in [-0.15, -0.1) is 0 Å². The first-order valence-electron chi connectivity index (χ1n) is 6.21. The van der Waals surface area contributed by atoms with Crippen molar-refractivity contribution in [3.8, 4) is 0 Å². The van der Waals surface area contributed by atoms with Gasteiger partial charge in [0.15, 0.2) is 0 Å². The zero-order valence-corrected chi connectivity index (χ0v) is 10.3. The molecule has 5 heteroatoms. The lowest BCUT2D eigenvalue weighted by Crippen LogP contribution is -2.33. The van der Waals surface area contributed by atoms with Gasteiger partial charge in [0.05, 0.1) is 6.20 Å². The number of hydrogen-bond acceptors (Lipinski definition) is 3. The Morgan fingerprint density at radius 1 is 1.65 bits per heavy atom. The fourth-order valence-corrected chi connectivity index (χ4v) is 2.17. The number of amides is 1. The molecule has 1 aliphatic heterocycles. The van der Waals surface area contributed by atoms with Crippen molar-refractivity contribution in [1.29, 1.82) is 0 Å². The van der Waals surface area contributed by atoms with Gasteiger partial charge in [0.25, 0.3) is 0 Å². The molecule has 2 heterocycles. The molecule has 1 saturated heterocycles. The first-order valence-corrected chi connectivity index (χ1v) is 6.21. The van der Waals surface area contributed by atoms with Crippen LogP contribution in [-0.2, 0) is 18.3 Å². The van der Waals surface area contributed by atoms with E-state index in [4.69, 9.17) is 0 Å². The minimum atomic E-state index is 0.168. The van der Waals surface area contributed by atoms with E-state index in [0.717, 1.165) is 32.4 Å². The molecule has 1 aromatic heterocycles. The average Bonchev–Trinajstić information content (AvgIpc) is 2.58. The Kier molecular flexibility index (Phi) is 4.14. The fraction of sp³-hybridized carbons (Fsp3) is 0.667. The van der Waals surface area contributed by atoms with E-state index in [1.165, 1.54) is 5.56 Å². The van der Waals surface area contributed by atoms with Crippen LogP contribution in [-0.4, -0.2) is 34.8 Å². The molecule has 1 aliphatic rings. The highest BCUT2D eigenvalue weighted by Crippen LogP contribution is 2.06. The number of carbonyl (C=O) groups excluding carboxylic acids is 1. The lowest BCUT2D eigenvalue weighted by atomic mass is 10.1. The summed E-state index contributed by atoms with van der Waals surface area (Å²) in [6, 6.07) is 0.328. The van der Waals surface area contributed by atoms with E-state index in [1.807, 2.05) is 24.1 Å². The van der Waals surface area contributed by atoms with Crippen molar-refractivity contribution in [2.24, 2.45) is 7.05 Å². The molecular weight excluding hydrogens is 216 g/mol. The maximum Gasteiger partial charge on any atom is 0.221 e. The predicted octanol–water partition coefficient (Wildman–Crippen LogP) is 0.221. The fourth-order valence-electron chi connectivity index (χ4n) is 2.17. The summed E-state index contributed by atoms with van der Waals surface area (Å²) in [5.74, 6) is 0.168. The van der Waals surface area contributed by atoms with Crippen LogP contribution in [0, 0.1) is 0 Å². The van der Waals surface area contributed by atoms with E-state index in [9.17, 15) is 4.79 Å². The maximum atomic E-state index is 11.4. The summed E-state index contributed by atoms with van der Waals surface area (Å²) in [6.07, 6.45) is 7.63. The quantitative estimate of drug-likeness (QED) is 0.786. The Bertz CT molecular complexity index is 374. The lowest BCUT2D eigenvalue weighted by molar-refractivity contribution is -0.121. The Balaban J connectivity index is 1.72. The van der Waals surface area contributed by atoms with Crippen molar-refractivity contribution in [3.63, 3.8) is 0 Å². The van der Waals surface area contributed by atoms with E-state index in [1.54, 1.807) is 0 Å². The molecule has 1 amide bonds. The van der Waals surface area contributed by atoms with Gasteiger partial charge < -0.3 is 10.6 Å². The zero-order chi connectivity index (χ0) is 12.1. The SMILES string of the molecule is Cn1cc(CCNC2CCCNC(=O)C2)cn1. The van der Waals surface area contributed by atoms with Crippen LogP contribution in [0.5, 0.6) is 0 Å². The minimum absolute atomic E-state index is 0.168. The highest BCUT2D eigenvalue weighted by atomic mass is 16.1. The summed E-state index contributed by atoms with van der Waals surface area (Å²) in [7, 11) is 1.92. The summed E-state index contributed by atoms with van der Waals surface area (Å²) in [5.41, 5.74) is 1.23. The van der Waals surface area contributed by atoms with Crippen LogP contribution >= 0.6 is 0 Å². The molecule has 1 fully saturated rings. The largest absolute Gasteiger partial charge is 0.356 e. The van der Waals surface area contributed by atoms with Crippen LogP contribution in [0.1, 0.15) is 24.8 Å². The third kappa shape index (κ3) is 3.85. The second-order valence-electron chi connectivity index (χ2n) is 4.62. The number of aromatic nitrogens is 2. The van der Waals surface area contributed by atoms with Gasteiger partial charge in [0.1, 0.15) is 0 Å². The number of carbonyl (C=O) groups is 1. The zero-order valence-electron chi connectivity index (χ0n) is 10.3. The van der Waals surface area contributed by atoms with Crippen molar-refractivity contribution < 1.29 is 4.79 Å². The molecule has 0 bridgehead atoms. The molecule has 1 unspecified atom stereocenters. The van der Waals surface area contributed by atoms with Gasteiger partial charge in [-0.1, -0.05) is 0 Å². The molecule has 5 nitrogen and oxygen atoms in total. The van der Waals surface area contributed by atoms with Gasteiger partial charge in [-0.25, -0.2) is 0 Å². The van der Waals surface area contributed by atoms with Crippen molar-refractivity contribution >= 4 is 5.91 Å². The topological polar surface area (TPSA) is 59.0 Å². The summed E-state index contributed by atoms with van der Waals surface area (Å²) < 4.78 is 1.81. The maximum absolute atomic E-state index is 11.4. The summed E-state index contributed by atoms with van der Waals surface area (Å²) in [6.45, 7) is 1.73. The van der Waals surface area contributed by atoms with Crippen LogP contribution < -0.4 is 10.6 Å². The van der Waals surface area contributed by atoms with Crippen LogP contribution in [0.15, 0.2) is 12.4 Å². The van der Waals surface area contributed by atoms with Gasteiger partial charge in [0.2, 0.25) is 5.91 Å². The van der Waals surface area contributed by atoms with E-state index >= 15 is 0 Å². The number of nitrogens with one attached hydrogen (secondary N) is 2. The Morgan fingerprint density at radius 2 is 2.53 bits per heavy atom. The Morgan fingerprint density at radius 3 is 3.29 bits per heavy atom. The van der Waals surface area contributed by atoms with Crippen LogP contribution in [0.2, 0.25) is 0 Å². The number of rotatable bonds is 4. The van der Waals surface area contributed by atoms with Gasteiger partial charge in [-0.2, -0.15) is 5.10 Å². The van der Waals surface area contributed by atoms with E-state index in [2.05, 4.69) is 15.7 Å². The van der Waals surface area contributed by atoms with Crippen molar-refractivity contribution in [1.82, 2.24) is 20.4 Å². The molecule has 1 atom stereocenters. The van der Waals surface area contributed by atoms with Gasteiger partial charge in [0, 0.05) is 32.3 Å². The predicted molar refractivity (Wildman–Crippen MR) is 65.6 cm³/mol. The standard InChI is InChI=1S/C12H20N4O/c1-16-9-10(8-15-16)4-6-13-11-3-2-5-14-12(17)7-11/h8-9,11,13H,2-7H2,1H3,(H,14,17). The monoisotopic (exact) mass is 236 g/mol. The first-order chi connectivity index (χ1) is 8.24. The van der Waals surface area contributed by atoms with Crippen LogP contribution in [0.25, 0.3) is 0 Å². The third-order valence-corrected chi connectivity index (χ3v) is 3.09. The van der Waals surface area contributed by atoms with Crippen molar-refractivity contribution in [2.75, 3.05) is 13.1 Å². The molecule has 94 valence electrons. The number of nitrogens with zero attached hydrogens (tertiary/aromatic N) is 2. The molecule has 0 aromatic carbocycles. The minimum Gasteiger partial charge on any atom is -0.356 e. The van der Waals surface area contributed by atoms with Gasteiger partial charge in [-0.05, 0) is 31.4 Å². The van der Waals surface area contributed by atoms with Gasteiger partial charge >= 0.3 is 0 Å². The summed E-state index contributed by atoms with van der Waals surface area (Å²) in [4.78, 5) is 11.4. The van der Waals surface area contributed by atoms with Crippen molar-refractivity contribution in [3.05, 3.63) is 18.0 Å². The second kappa shape index (κ2) is 5.82. The van der Waals surface area contributed by atoms with Crippen molar-refractivity contribution in [2.45, 2.75) is 31.7 Å². The van der Waals surface area contributed by atoms with Crippen LogP contribution in [0.4, 0.5) is 0 Å². The second-order valence-corrected chi connectivity index (χ2v) is 4.62. The Hall–Kier alpha value is -1.36. The third-order valence-electron chi connectivity index (χ3n) is 3.09. The average molecular weight is 236 g/mol. The highest BCUT2D eigenvalue weighted by Gasteiger charge is 2.16. The van der Waals surface area contributed by atoms with Gasteiger partial charge in [-0.3, -0.25) is 9.48 Å². The van der Waals surface area contributed by atoms with E-state index in [0.29, 0.717) is 12.5 Å². The Labute approximate surface area is 102 Å². The molecule has 2 N–H and O–H groups in total. The van der Waals surface area contributed by atoms with E-state index < -0.39 is 0 Å². The molecule has 0 radical (unpaired) electrons. The summed E-state index contributed by atoms with van der Waals surface area (Å²) in [5, 5.41) is 10.5. The highest BCUT2D eigenvalue weighted by molar-refractivity contribution is 5.76. The number of hydrogen-bond donors (Lipinski definition) is 2. The first kappa shape index (κ1) is 12.1. The van der Waals surface area contributed by atoms with Crippen LogP contribution in [0.3, 0.4) is 0 Å². The summed E-state index contributed by atoms with van der Waals surface area (Å²) >= 11 is 0. The number of aryl methyl sites for hydroxylation is 1. The molecule has 17 heavy (non-hydrogen) atoms.